The first kappa shape index (κ1) is 119. The quantitative estimate of drug-likeness (QED) is 0.0262. The molecule has 0 spiro atoms. The highest BCUT2D eigenvalue weighted by molar-refractivity contribution is 6.63. The van der Waals surface area contributed by atoms with E-state index in [2.05, 4.69) is 0 Å². The highest BCUT2D eigenvalue weighted by atomic mass is 19.1. The van der Waals surface area contributed by atoms with E-state index in [1.165, 1.54) is 92.0 Å². The molecule has 0 radical (unpaired) electrons. The average Bonchev–Trinajstić information content (AvgIpc) is 1.65. The minimum atomic E-state index is -1.63. The van der Waals surface area contributed by atoms with E-state index >= 15 is 0 Å². The van der Waals surface area contributed by atoms with Crippen LogP contribution in [-0.4, -0.2) is 189 Å². The van der Waals surface area contributed by atoms with Crippen molar-refractivity contribution in [3.63, 3.8) is 0 Å². The first-order valence-electron chi connectivity index (χ1n) is 44.3. The number of halogens is 6. The Balaban J connectivity index is 0.000000332. The fourth-order valence-corrected chi connectivity index (χ4v) is 14.9. The number of benzene rings is 7. The molecule has 8 aliphatic rings. The Labute approximate surface area is 789 Å². The van der Waals surface area contributed by atoms with Gasteiger partial charge in [0.15, 0.2) is 37.7 Å². The Bertz CT molecular complexity index is 4180. The van der Waals surface area contributed by atoms with Gasteiger partial charge >= 0.3 is 42.7 Å². The second kappa shape index (κ2) is 65.4. The molecule has 3 N–H and O–H groups in total. The maximum absolute atomic E-state index is 13.8. The van der Waals surface area contributed by atoms with Crippen LogP contribution in [0.2, 0.25) is 0 Å². The lowest BCUT2D eigenvalue weighted by atomic mass is 9.75. The number of hydrogen-bond donors (Lipinski definition) is 3. The van der Waals surface area contributed by atoms with E-state index in [-0.39, 0.29) is 168 Å². The third-order valence-corrected chi connectivity index (χ3v) is 21.5. The fraction of sp³-hybridized carbons (Fsp3) is 0.567. The van der Waals surface area contributed by atoms with Crippen molar-refractivity contribution < 1.29 is 140 Å². The lowest BCUT2D eigenvalue weighted by Gasteiger charge is -2.25. The Morgan fingerprint density at radius 1 is 0.331 bits per heavy atom. The first-order valence-corrected chi connectivity index (χ1v) is 44.3. The van der Waals surface area contributed by atoms with Gasteiger partial charge in [-0.15, -0.1) is 0 Å². The van der Waals surface area contributed by atoms with Crippen LogP contribution in [0.3, 0.4) is 0 Å². The van der Waals surface area contributed by atoms with E-state index in [0.717, 1.165) is 180 Å². The van der Waals surface area contributed by atoms with Crippen molar-refractivity contribution in [3.05, 3.63) is 213 Å². The molecule has 7 unspecified atom stereocenters. The van der Waals surface area contributed by atoms with Crippen molar-refractivity contribution in [1.82, 2.24) is 0 Å². The summed E-state index contributed by atoms with van der Waals surface area (Å²) < 4.78 is 198. The van der Waals surface area contributed by atoms with Crippen LogP contribution in [-0.2, 0) is 138 Å². The fourth-order valence-electron chi connectivity index (χ4n) is 14.9. The molecule has 8 fully saturated rings. The third kappa shape index (κ3) is 41.2. The Kier molecular flexibility index (Phi) is 58.5. The Hall–Kier alpha value is -6.45. The van der Waals surface area contributed by atoms with Crippen LogP contribution >= 0.6 is 0 Å². The zero-order chi connectivity index (χ0) is 90.1. The van der Waals surface area contributed by atoms with Gasteiger partial charge in [0, 0.05) is 73.2 Å². The zero-order valence-electron chi connectivity index (χ0n) is 74.0. The van der Waals surface area contributed by atoms with Crippen molar-refractivity contribution in [2.24, 2.45) is 0 Å². The number of rotatable bonds is 32. The standard InChI is InChI=1S/C20H22BFO4.C18H28BFO4.C14H18BFO4.C14H20BFO4.C13H18BFO4.C12H16BFO4.6CH4/c22-17-9-10-18(16(12-17)13-24-20-8-4-5-11-23-20)21-25-14-19(26-21)15-6-2-1-3-7-15;1-13(2)23-19(24-14(3)4)17-9-8-16(20)11-15(17)12-22-18-7-5-6-10-21-18;16-12-4-5-13(15-19-7-8-20-15)11(9-12)10-18-14-3-1-2-6-17-14;1-17-15(18-2)13-7-6-12(16)9-11(13)10-20-14-5-3-4-8-19-14;1-17-14(16)12-6-5-11(15)8-10(12)9-19-13-4-2-3-7-18-13;14-10-4-5-11(13(15)16)9(7-10)8-18-12-3-1-2-6-17-12;;;;;;/h1-3,6-7,9-10,12,19-20H,4-5,8,11,13-14H2;8-9,11,13-14,18H,5-7,10,12H2,1-4H3;4-5,9,14H,1-3,6-8,10H2;6-7,9,14H,3-5,8,10H2,1-2H3;5-6,8,13,16H,2-4,7,9H2,1H3;4-5,7,12,15-16H,1-3,6,8H2;6*1H4. The lowest BCUT2D eigenvalue weighted by molar-refractivity contribution is -0.169. The van der Waals surface area contributed by atoms with Gasteiger partial charge in [-0.25, -0.2) is 26.3 Å². The van der Waals surface area contributed by atoms with Crippen LogP contribution in [0.5, 0.6) is 0 Å². The summed E-state index contributed by atoms with van der Waals surface area (Å²) in [6.07, 6.45) is 16.5. The molecule has 0 saturated carbocycles. The van der Waals surface area contributed by atoms with Crippen molar-refractivity contribution >= 4 is 75.5 Å². The molecule has 0 amide bonds. The van der Waals surface area contributed by atoms with Crippen LogP contribution < -0.4 is 32.8 Å². The highest BCUT2D eigenvalue weighted by Crippen LogP contribution is 2.28. The molecule has 8 aliphatic heterocycles. The average molecular weight is 1880 g/mol. The van der Waals surface area contributed by atoms with Gasteiger partial charge in [0.25, 0.3) is 0 Å². The van der Waals surface area contributed by atoms with Crippen LogP contribution in [0.1, 0.15) is 233 Å². The summed E-state index contributed by atoms with van der Waals surface area (Å²) in [5.74, 6) is -1.97. The molecule has 15 rings (SSSR count). The molecule has 36 heteroatoms. The maximum atomic E-state index is 13.8. The van der Waals surface area contributed by atoms with Gasteiger partial charge in [-0.1, -0.05) is 111 Å². The molecule has 24 nitrogen and oxygen atoms in total. The molecule has 738 valence electrons. The molecule has 0 bridgehead atoms. The minimum absolute atomic E-state index is 0. The monoisotopic (exact) mass is 1880 g/mol. The molecule has 0 aliphatic carbocycles. The van der Waals surface area contributed by atoms with E-state index < -0.39 is 48.5 Å². The van der Waals surface area contributed by atoms with Crippen LogP contribution in [0.15, 0.2) is 140 Å². The summed E-state index contributed by atoms with van der Waals surface area (Å²) in [5, 5.41) is 28.1. The van der Waals surface area contributed by atoms with E-state index in [0.29, 0.717) is 68.4 Å². The van der Waals surface area contributed by atoms with Gasteiger partial charge < -0.3 is 114 Å². The summed E-state index contributed by atoms with van der Waals surface area (Å²) >= 11 is 0. The van der Waals surface area contributed by atoms with Crippen LogP contribution in [0.25, 0.3) is 0 Å². The number of ether oxygens (including phenoxy) is 12. The molecular formula is C97H146B6F6O24. The number of hydrogen-bond acceptors (Lipinski definition) is 24. The normalized spacial score (nSPS) is 19.7. The Morgan fingerprint density at radius 2 is 0.624 bits per heavy atom. The SMILES string of the molecule is C.C.C.C.C.C.CC(C)OB(OC(C)C)c1ccc(F)cc1COC1CCCCO1.COB(O)c1ccc(F)cc1COC1CCCCO1.COB(OC)c1ccc(F)cc1COC1CCCCO1.Fc1ccc(B2OCC(c3ccccc3)O2)c(COC2CCCCO2)c1.Fc1ccc(B2OCCO2)c(COC2CCCCO2)c1.OB(O)c1ccc(F)cc1COC1CCCCO1. The molecule has 8 heterocycles. The second-order valence-electron chi connectivity index (χ2n) is 31.9. The van der Waals surface area contributed by atoms with Gasteiger partial charge in [0.05, 0.1) is 65.6 Å². The molecule has 7 atom stereocenters. The third-order valence-electron chi connectivity index (χ3n) is 21.5. The van der Waals surface area contributed by atoms with Crippen molar-refractivity contribution in [1.29, 1.82) is 0 Å². The van der Waals surface area contributed by atoms with E-state index in [1.807, 2.05) is 58.0 Å². The zero-order valence-corrected chi connectivity index (χ0v) is 74.0. The van der Waals surface area contributed by atoms with Gasteiger partial charge in [0.1, 0.15) is 34.9 Å². The summed E-state index contributed by atoms with van der Waals surface area (Å²) in [7, 11) is -0.226. The molecule has 7 aromatic rings. The van der Waals surface area contributed by atoms with E-state index in [1.54, 1.807) is 38.5 Å². The predicted molar refractivity (Wildman–Crippen MR) is 510 cm³/mol. The van der Waals surface area contributed by atoms with Crippen molar-refractivity contribution in [2.75, 3.05) is 80.8 Å². The van der Waals surface area contributed by atoms with Gasteiger partial charge in [0.2, 0.25) is 0 Å². The maximum Gasteiger partial charge on any atom is 0.494 e. The van der Waals surface area contributed by atoms with Gasteiger partial charge in [-0.3, -0.25) is 0 Å². The Morgan fingerprint density at radius 3 is 0.940 bits per heavy atom. The largest absolute Gasteiger partial charge is 0.494 e. The molecule has 133 heavy (non-hydrogen) atoms. The van der Waals surface area contributed by atoms with Crippen molar-refractivity contribution in [3.8, 4) is 0 Å². The highest BCUT2D eigenvalue weighted by Gasteiger charge is 2.37. The molecule has 0 aromatic heterocycles. The molecular weight excluding hydrogens is 1730 g/mol. The lowest BCUT2D eigenvalue weighted by Crippen LogP contribution is -2.43. The van der Waals surface area contributed by atoms with Crippen LogP contribution in [0.4, 0.5) is 26.3 Å². The summed E-state index contributed by atoms with van der Waals surface area (Å²) in [6, 6.07) is 36.2. The topological polar surface area (TPSA) is 255 Å². The molecule has 8 saturated heterocycles. The van der Waals surface area contributed by atoms with Crippen LogP contribution in [0, 0.1) is 34.9 Å². The van der Waals surface area contributed by atoms with Gasteiger partial charge in [-0.05, 0) is 288 Å². The summed E-state index contributed by atoms with van der Waals surface area (Å²) in [4.78, 5) is 0. The summed E-state index contributed by atoms with van der Waals surface area (Å²) in [5.41, 5.74) is 9.00. The first-order chi connectivity index (χ1) is 61.7. The van der Waals surface area contributed by atoms with E-state index in [4.69, 9.17) is 98.7 Å². The summed E-state index contributed by atoms with van der Waals surface area (Å²) in [6.45, 7) is 15.1. The van der Waals surface area contributed by atoms with Gasteiger partial charge in [-0.2, -0.15) is 0 Å². The van der Waals surface area contributed by atoms with Crippen molar-refractivity contribution in [2.45, 2.75) is 284 Å². The van der Waals surface area contributed by atoms with E-state index in [9.17, 15) is 41.4 Å². The second-order valence-corrected chi connectivity index (χ2v) is 31.9. The molecule has 7 aromatic carbocycles. The minimum Gasteiger partial charge on any atom is -0.423 e. The smallest absolute Gasteiger partial charge is 0.423 e. The predicted octanol–water partition coefficient (Wildman–Crippen LogP) is 15.8.